The van der Waals surface area contributed by atoms with Crippen LogP contribution < -0.4 is 10.6 Å². The molecule has 4 bridgehead atoms. The Kier molecular flexibility index (Phi) is 3.74. The second-order valence-corrected chi connectivity index (χ2v) is 7.23. The van der Waals surface area contributed by atoms with Gasteiger partial charge in [0, 0.05) is 12.0 Å². The predicted molar refractivity (Wildman–Crippen MR) is 76.9 cm³/mol. The molecule has 4 saturated carbocycles. The average Bonchev–Trinajstić information content (AvgIpc) is 2.41. The Morgan fingerprint density at radius 2 is 1.55 bits per heavy atom. The van der Waals surface area contributed by atoms with E-state index in [1.807, 2.05) is 6.92 Å². The lowest BCUT2D eigenvalue weighted by Crippen LogP contribution is -2.54. The summed E-state index contributed by atoms with van der Waals surface area (Å²) in [7, 11) is 0. The molecule has 0 aromatic heterocycles. The molecule has 0 spiro atoms. The van der Waals surface area contributed by atoms with Crippen molar-refractivity contribution >= 4 is 11.8 Å². The molecule has 0 aromatic carbocycles. The second-order valence-electron chi connectivity index (χ2n) is 7.23. The molecule has 0 aliphatic heterocycles. The zero-order valence-electron chi connectivity index (χ0n) is 12.4. The first-order chi connectivity index (χ1) is 9.61. The van der Waals surface area contributed by atoms with Gasteiger partial charge in [-0.25, -0.2) is 0 Å². The molecule has 4 aliphatic rings. The largest absolute Gasteiger partial charge is 0.355 e. The summed E-state index contributed by atoms with van der Waals surface area (Å²) in [4.78, 5) is 24.2. The summed E-state index contributed by atoms with van der Waals surface area (Å²) < 4.78 is 0. The van der Waals surface area contributed by atoms with Crippen LogP contribution in [0.3, 0.4) is 0 Å². The van der Waals surface area contributed by atoms with Crippen molar-refractivity contribution < 1.29 is 9.59 Å². The van der Waals surface area contributed by atoms with Crippen molar-refractivity contribution in [2.75, 3.05) is 13.1 Å². The van der Waals surface area contributed by atoms with E-state index in [0.29, 0.717) is 6.54 Å². The van der Waals surface area contributed by atoms with Gasteiger partial charge in [0.1, 0.15) is 0 Å². The first-order valence-corrected chi connectivity index (χ1v) is 8.16. The molecule has 2 N–H and O–H groups in total. The third-order valence-corrected chi connectivity index (χ3v) is 5.50. The summed E-state index contributed by atoms with van der Waals surface area (Å²) in [5.41, 5.74) is -0.139. The molecule has 112 valence electrons. The van der Waals surface area contributed by atoms with E-state index in [1.54, 1.807) is 0 Å². The Bertz CT molecular complexity index is 370. The van der Waals surface area contributed by atoms with E-state index in [9.17, 15) is 9.59 Å². The average molecular weight is 278 g/mol. The van der Waals surface area contributed by atoms with Gasteiger partial charge in [-0.05, 0) is 62.7 Å². The molecule has 4 fully saturated rings. The van der Waals surface area contributed by atoms with E-state index in [2.05, 4.69) is 10.6 Å². The number of amides is 2. The smallest absolute Gasteiger partial charge is 0.239 e. The number of hydrogen-bond acceptors (Lipinski definition) is 2. The molecule has 0 atom stereocenters. The van der Waals surface area contributed by atoms with Crippen molar-refractivity contribution in [1.82, 2.24) is 10.6 Å². The standard InChI is InChI=1S/C16H26N2O2/c1-2-3-17-14(19)10-18-15(20)16-7-11-4-12(8-16)6-13(5-11)9-16/h11-13H,2-10H2,1H3,(H,17,19)(H,18,20). The summed E-state index contributed by atoms with van der Waals surface area (Å²) in [6.07, 6.45) is 8.11. The van der Waals surface area contributed by atoms with Crippen LogP contribution in [-0.2, 0) is 9.59 Å². The third-order valence-electron chi connectivity index (χ3n) is 5.50. The van der Waals surface area contributed by atoms with Gasteiger partial charge >= 0.3 is 0 Å². The number of nitrogens with one attached hydrogen (secondary N) is 2. The van der Waals surface area contributed by atoms with Crippen LogP contribution in [0.1, 0.15) is 51.9 Å². The molecule has 4 heteroatoms. The van der Waals surface area contributed by atoms with E-state index >= 15 is 0 Å². The first kappa shape index (κ1) is 13.9. The summed E-state index contributed by atoms with van der Waals surface area (Å²) in [5.74, 6) is 2.37. The minimum absolute atomic E-state index is 0.0649. The molecule has 4 aliphatic carbocycles. The topological polar surface area (TPSA) is 58.2 Å². The maximum absolute atomic E-state index is 12.6. The Hall–Kier alpha value is -1.06. The third kappa shape index (κ3) is 2.57. The molecule has 0 saturated heterocycles. The number of carbonyl (C=O) groups excluding carboxylic acids is 2. The van der Waals surface area contributed by atoms with Gasteiger partial charge in [-0.3, -0.25) is 9.59 Å². The minimum Gasteiger partial charge on any atom is -0.355 e. The summed E-state index contributed by atoms with van der Waals surface area (Å²) in [6, 6.07) is 0. The molecular weight excluding hydrogens is 252 g/mol. The van der Waals surface area contributed by atoms with Crippen LogP contribution >= 0.6 is 0 Å². The van der Waals surface area contributed by atoms with Gasteiger partial charge in [0.05, 0.1) is 6.54 Å². The highest BCUT2D eigenvalue weighted by molar-refractivity contribution is 5.88. The fourth-order valence-electron chi connectivity index (χ4n) is 5.06. The van der Waals surface area contributed by atoms with Crippen molar-refractivity contribution in [2.45, 2.75) is 51.9 Å². The summed E-state index contributed by atoms with van der Waals surface area (Å²) in [5, 5.41) is 5.71. The van der Waals surface area contributed by atoms with Crippen molar-refractivity contribution in [3.05, 3.63) is 0 Å². The van der Waals surface area contributed by atoms with Gasteiger partial charge in [-0.15, -0.1) is 0 Å². The number of hydrogen-bond donors (Lipinski definition) is 2. The molecule has 4 rings (SSSR count). The van der Waals surface area contributed by atoms with Gasteiger partial charge in [-0.2, -0.15) is 0 Å². The lowest BCUT2D eigenvalue weighted by molar-refractivity contribution is -0.147. The van der Waals surface area contributed by atoms with Crippen molar-refractivity contribution in [1.29, 1.82) is 0 Å². The highest BCUT2D eigenvalue weighted by Crippen LogP contribution is 2.60. The monoisotopic (exact) mass is 278 g/mol. The zero-order chi connectivity index (χ0) is 14.2. The SMILES string of the molecule is CCCNC(=O)CNC(=O)C12CC3CC(CC(C3)C1)C2. The Labute approximate surface area is 121 Å². The summed E-state index contributed by atoms with van der Waals surface area (Å²) >= 11 is 0. The molecule has 4 nitrogen and oxygen atoms in total. The maximum atomic E-state index is 12.6. The molecule has 0 unspecified atom stereocenters. The van der Waals surface area contributed by atoms with Crippen LogP contribution in [-0.4, -0.2) is 24.9 Å². The Morgan fingerprint density at radius 3 is 2.05 bits per heavy atom. The fourth-order valence-corrected chi connectivity index (χ4v) is 5.06. The Balaban J connectivity index is 1.56. The van der Waals surface area contributed by atoms with Crippen LogP contribution in [0.25, 0.3) is 0 Å². The van der Waals surface area contributed by atoms with Gasteiger partial charge in [0.2, 0.25) is 11.8 Å². The lowest BCUT2D eigenvalue weighted by atomic mass is 9.49. The molecule has 2 amide bonds. The van der Waals surface area contributed by atoms with Crippen LogP contribution in [0.4, 0.5) is 0 Å². The lowest BCUT2D eigenvalue weighted by Gasteiger charge is -2.55. The van der Waals surface area contributed by atoms with E-state index in [-0.39, 0.29) is 23.8 Å². The van der Waals surface area contributed by atoms with Gasteiger partial charge < -0.3 is 10.6 Å². The van der Waals surface area contributed by atoms with Gasteiger partial charge in [0.15, 0.2) is 0 Å². The van der Waals surface area contributed by atoms with Crippen molar-refractivity contribution in [2.24, 2.45) is 23.2 Å². The fraction of sp³-hybridized carbons (Fsp3) is 0.875. The van der Waals surface area contributed by atoms with E-state index < -0.39 is 0 Å². The normalized spacial score (nSPS) is 37.8. The van der Waals surface area contributed by atoms with Gasteiger partial charge in [-0.1, -0.05) is 6.92 Å². The highest BCUT2D eigenvalue weighted by Gasteiger charge is 2.54. The van der Waals surface area contributed by atoms with E-state index in [4.69, 9.17) is 0 Å². The molecule has 20 heavy (non-hydrogen) atoms. The van der Waals surface area contributed by atoms with Crippen LogP contribution in [0.2, 0.25) is 0 Å². The summed E-state index contributed by atoms with van der Waals surface area (Å²) in [6.45, 7) is 2.85. The van der Waals surface area contributed by atoms with Crippen LogP contribution in [0.5, 0.6) is 0 Å². The maximum Gasteiger partial charge on any atom is 0.239 e. The molecule has 0 aromatic rings. The van der Waals surface area contributed by atoms with Crippen molar-refractivity contribution in [3.63, 3.8) is 0 Å². The molecule has 0 heterocycles. The minimum atomic E-state index is -0.139. The van der Waals surface area contributed by atoms with E-state index in [1.165, 1.54) is 19.3 Å². The first-order valence-electron chi connectivity index (χ1n) is 8.16. The Morgan fingerprint density at radius 1 is 1.00 bits per heavy atom. The van der Waals surface area contributed by atoms with Crippen LogP contribution in [0, 0.1) is 23.2 Å². The van der Waals surface area contributed by atoms with Crippen molar-refractivity contribution in [3.8, 4) is 0 Å². The molecule has 0 radical (unpaired) electrons. The highest BCUT2D eigenvalue weighted by atomic mass is 16.2. The van der Waals surface area contributed by atoms with E-state index in [0.717, 1.165) is 43.4 Å². The number of carbonyl (C=O) groups is 2. The molecular formula is C16H26N2O2. The predicted octanol–water partition coefficient (Wildman–Crippen LogP) is 1.85. The quantitative estimate of drug-likeness (QED) is 0.806. The second kappa shape index (κ2) is 5.38. The van der Waals surface area contributed by atoms with Crippen LogP contribution in [0.15, 0.2) is 0 Å². The zero-order valence-corrected chi connectivity index (χ0v) is 12.4. The van der Waals surface area contributed by atoms with Gasteiger partial charge in [0.25, 0.3) is 0 Å². The number of rotatable bonds is 5.